The van der Waals surface area contributed by atoms with Crippen molar-refractivity contribution < 1.29 is 0 Å². The second kappa shape index (κ2) is 4.21. The Kier molecular flexibility index (Phi) is 3.23. The van der Waals surface area contributed by atoms with E-state index in [0.29, 0.717) is 0 Å². The summed E-state index contributed by atoms with van der Waals surface area (Å²) in [5.41, 5.74) is 6.16. The first-order chi connectivity index (χ1) is 6.15. The van der Waals surface area contributed by atoms with Gasteiger partial charge in [-0.3, -0.25) is 5.84 Å². The van der Waals surface area contributed by atoms with Gasteiger partial charge in [-0.05, 0) is 19.4 Å². The zero-order valence-corrected chi connectivity index (χ0v) is 8.17. The van der Waals surface area contributed by atoms with E-state index in [9.17, 15) is 0 Å². The lowest BCUT2D eigenvalue weighted by molar-refractivity contribution is 0.627. The summed E-state index contributed by atoms with van der Waals surface area (Å²) in [5.74, 6) is 5.44. The fourth-order valence-electron chi connectivity index (χ4n) is 1.37. The normalized spacial score (nSPS) is 12.5. The molecule has 0 fully saturated rings. The highest BCUT2D eigenvalue weighted by molar-refractivity contribution is 5.29. The highest BCUT2D eigenvalue weighted by atomic mass is 15.2. The molecule has 3 N–H and O–H groups in total. The topological polar surface area (TPSA) is 38.0 Å². The smallest absolute Gasteiger partial charge is 0.0664 e. The van der Waals surface area contributed by atoms with Crippen LogP contribution in [0.1, 0.15) is 24.1 Å². The number of aryl methyl sites for hydroxylation is 1. The van der Waals surface area contributed by atoms with Crippen molar-refractivity contribution in [2.45, 2.75) is 19.9 Å². The summed E-state index contributed by atoms with van der Waals surface area (Å²) in [5, 5.41) is 0. The Morgan fingerprint density at radius 3 is 2.69 bits per heavy atom. The molecule has 0 spiro atoms. The molecule has 1 unspecified atom stereocenters. The molecule has 1 aromatic carbocycles. The quantitative estimate of drug-likeness (QED) is 0.420. The molecule has 1 rings (SSSR count). The molecular weight excluding hydrogens is 160 g/mol. The molecule has 0 amide bonds. The Labute approximate surface area is 79.4 Å². The SMILES string of the molecule is C=C(C)C(NN)c1cccc(C)c1. The summed E-state index contributed by atoms with van der Waals surface area (Å²) in [7, 11) is 0. The van der Waals surface area contributed by atoms with E-state index in [1.807, 2.05) is 19.1 Å². The Hall–Kier alpha value is -1.12. The molecule has 0 saturated carbocycles. The predicted molar refractivity (Wildman–Crippen MR) is 56.1 cm³/mol. The van der Waals surface area contributed by atoms with Crippen LogP contribution in [0.15, 0.2) is 36.4 Å². The minimum atomic E-state index is 0.0555. The highest BCUT2D eigenvalue weighted by Gasteiger charge is 2.08. The summed E-state index contributed by atoms with van der Waals surface area (Å²) in [6, 6.07) is 8.30. The fraction of sp³-hybridized carbons (Fsp3) is 0.273. The first-order valence-electron chi connectivity index (χ1n) is 4.33. The zero-order chi connectivity index (χ0) is 9.84. The number of benzene rings is 1. The van der Waals surface area contributed by atoms with Crippen LogP contribution in [-0.4, -0.2) is 0 Å². The van der Waals surface area contributed by atoms with Gasteiger partial charge in [-0.15, -0.1) is 0 Å². The molecule has 13 heavy (non-hydrogen) atoms. The lowest BCUT2D eigenvalue weighted by atomic mass is 10.0. The van der Waals surface area contributed by atoms with E-state index in [1.165, 1.54) is 5.56 Å². The van der Waals surface area contributed by atoms with Gasteiger partial charge in [-0.2, -0.15) is 0 Å². The molecule has 1 atom stereocenters. The maximum atomic E-state index is 5.44. The van der Waals surface area contributed by atoms with Crippen LogP contribution in [-0.2, 0) is 0 Å². The summed E-state index contributed by atoms with van der Waals surface area (Å²) >= 11 is 0. The summed E-state index contributed by atoms with van der Waals surface area (Å²) in [6.45, 7) is 7.92. The van der Waals surface area contributed by atoms with E-state index < -0.39 is 0 Å². The van der Waals surface area contributed by atoms with E-state index in [1.54, 1.807) is 0 Å². The van der Waals surface area contributed by atoms with Gasteiger partial charge in [-0.1, -0.05) is 42.0 Å². The molecule has 1 aromatic rings. The van der Waals surface area contributed by atoms with E-state index in [-0.39, 0.29) is 6.04 Å². The van der Waals surface area contributed by atoms with Crippen molar-refractivity contribution in [1.82, 2.24) is 5.43 Å². The predicted octanol–water partition coefficient (Wildman–Crippen LogP) is 2.08. The first kappa shape index (κ1) is 9.96. The average molecular weight is 176 g/mol. The lowest BCUT2D eigenvalue weighted by Gasteiger charge is -2.16. The third kappa shape index (κ3) is 2.41. The first-order valence-corrected chi connectivity index (χ1v) is 4.33. The molecule has 2 heteroatoms. The fourth-order valence-corrected chi connectivity index (χ4v) is 1.37. The Balaban J connectivity index is 2.98. The van der Waals surface area contributed by atoms with Crippen LogP contribution in [0.2, 0.25) is 0 Å². The van der Waals surface area contributed by atoms with Crippen molar-refractivity contribution in [2.75, 3.05) is 0 Å². The van der Waals surface area contributed by atoms with Gasteiger partial charge >= 0.3 is 0 Å². The molecule has 0 saturated heterocycles. The largest absolute Gasteiger partial charge is 0.271 e. The number of nitrogens with one attached hydrogen (secondary N) is 1. The molecule has 0 aliphatic rings. The van der Waals surface area contributed by atoms with Crippen molar-refractivity contribution in [3.05, 3.63) is 47.5 Å². The maximum absolute atomic E-state index is 5.44. The third-order valence-electron chi connectivity index (χ3n) is 2.03. The van der Waals surface area contributed by atoms with Gasteiger partial charge in [-0.25, -0.2) is 5.43 Å². The molecule has 0 radical (unpaired) electrons. The maximum Gasteiger partial charge on any atom is 0.0664 e. The van der Waals surface area contributed by atoms with E-state index in [2.05, 4.69) is 31.1 Å². The molecule has 70 valence electrons. The van der Waals surface area contributed by atoms with E-state index in [0.717, 1.165) is 11.1 Å². The summed E-state index contributed by atoms with van der Waals surface area (Å²) in [4.78, 5) is 0. The van der Waals surface area contributed by atoms with Crippen LogP contribution in [0, 0.1) is 6.92 Å². The van der Waals surface area contributed by atoms with Crippen LogP contribution < -0.4 is 11.3 Å². The third-order valence-corrected chi connectivity index (χ3v) is 2.03. The van der Waals surface area contributed by atoms with Crippen LogP contribution in [0.25, 0.3) is 0 Å². The Morgan fingerprint density at radius 2 is 2.23 bits per heavy atom. The van der Waals surface area contributed by atoms with Crippen molar-refractivity contribution >= 4 is 0 Å². The van der Waals surface area contributed by atoms with Crippen molar-refractivity contribution in [1.29, 1.82) is 0 Å². The minimum Gasteiger partial charge on any atom is -0.271 e. The lowest BCUT2D eigenvalue weighted by Crippen LogP contribution is -2.28. The Bertz CT molecular complexity index is 305. The molecule has 0 bridgehead atoms. The molecule has 2 nitrogen and oxygen atoms in total. The number of nitrogens with two attached hydrogens (primary N) is 1. The van der Waals surface area contributed by atoms with Gasteiger partial charge in [0.2, 0.25) is 0 Å². The summed E-state index contributed by atoms with van der Waals surface area (Å²) in [6.07, 6.45) is 0. The van der Waals surface area contributed by atoms with Gasteiger partial charge in [0.25, 0.3) is 0 Å². The average Bonchev–Trinajstić information content (AvgIpc) is 2.04. The van der Waals surface area contributed by atoms with Crippen molar-refractivity contribution in [2.24, 2.45) is 5.84 Å². The van der Waals surface area contributed by atoms with Gasteiger partial charge in [0, 0.05) is 0 Å². The monoisotopic (exact) mass is 176 g/mol. The number of hydrazine groups is 1. The molecule has 0 aliphatic heterocycles. The van der Waals surface area contributed by atoms with Crippen LogP contribution in [0.3, 0.4) is 0 Å². The number of rotatable bonds is 3. The van der Waals surface area contributed by atoms with Crippen LogP contribution in [0.4, 0.5) is 0 Å². The minimum absolute atomic E-state index is 0.0555. The highest BCUT2D eigenvalue weighted by Crippen LogP contribution is 2.19. The molecule has 0 aliphatic carbocycles. The second-order valence-corrected chi connectivity index (χ2v) is 3.36. The van der Waals surface area contributed by atoms with E-state index >= 15 is 0 Å². The molecule has 0 heterocycles. The molecule has 0 aromatic heterocycles. The second-order valence-electron chi connectivity index (χ2n) is 3.36. The van der Waals surface area contributed by atoms with Crippen molar-refractivity contribution in [3.63, 3.8) is 0 Å². The standard InChI is InChI=1S/C11H16N2/c1-8(2)11(13-12)10-6-4-5-9(3)7-10/h4-7,11,13H,1,12H2,2-3H3. The van der Waals surface area contributed by atoms with Crippen LogP contribution in [0.5, 0.6) is 0 Å². The van der Waals surface area contributed by atoms with Gasteiger partial charge in [0.05, 0.1) is 6.04 Å². The van der Waals surface area contributed by atoms with Crippen LogP contribution >= 0.6 is 0 Å². The van der Waals surface area contributed by atoms with Gasteiger partial charge < -0.3 is 0 Å². The van der Waals surface area contributed by atoms with E-state index in [4.69, 9.17) is 5.84 Å². The van der Waals surface area contributed by atoms with Gasteiger partial charge in [0.1, 0.15) is 0 Å². The summed E-state index contributed by atoms with van der Waals surface area (Å²) < 4.78 is 0. The Morgan fingerprint density at radius 1 is 1.54 bits per heavy atom. The van der Waals surface area contributed by atoms with Gasteiger partial charge in [0.15, 0.2) is 0 Å². The number of hydrogen-bond donors (Lipinski definition) is 2. The molecular formula is C11H16N2. The number of hydrogen-bond acceptors (Lipinski definition) is 2. The van der Waals surface area contributed by atoms with Crippen molar-refractivity contribution in [3.8, 4) is 0 Å². The zero-order valence-electron chi connectivity index (χ0n) is 8.17.